The van der Waals surface area contributed by atoms with Crippen LogP contribution in [0.25, 0.3) is 10.9 Å². The van der Waals surface area contributed by atoms with E-state index in [2.05, 4.69) is 4.98 Å². The number of aromatic nitrogens is 1. The third kappa shape index (κ3) is 1.99. The van der Waals surface area contributed by atoms with Crippen molar-refractivity contribution in [1.29, 1.82) is 0 Å². The van der Waals surface area contributed by atoms with E-state index in [4.69, 9.17) is 4.42 Å². The lowest BCUT2D eigenvalue weighted by Gasteiger charge is -1.99. The molecule has 0 unspecified atom stereocenters. The number of benzene rings is 1. The summed E-state index contributed by atoms with van der Waals surface area (Å²) in [5, 5.41) is 4.55. The van der Waals surface area contributed by atoms with Crippen LogP contribution in [0.5, 0.6) is 0 Å². The molecule has 3 nitrogen and oxygen atoms in total. The predicted octanol–water partition coefficient (Wildman–Crippen LogP) is 2.84. The smallest absolute Gasteiger partial charge is 0.346 e. The molecule has 3 aromatic rings. The molecule has 0 saturated carbocycles. The SMILES string of the molecule is O=c1oc(Cc2ccsc2)nc2ccccc12. The summed E-state index contributed by atoms with van der Waals surface area (Å²) in [5.41, 5.74) is 1.48. The Morgan fingerprint density at radius 3 is 2.94 bits per heavy atom. The second-order valence-corrected chi connectivity index (χ2v) is 4.50. The van der Waals surface area contributed by atoms with Crippen LogP contribution in [0.4, 0.5) is 0 Å². The van der Waals surface area contributed by atoms with E-state index < -0.39 is 0 Å². The molecule has 0 atom stereocenters. The van der Waals surface area contributed by atoms with Crippen molar-refractivity contribution in [2.75, 3.05) is 0 Å². The van der Waals surface area contributed by atoms with E-state index in [-0.39, 0.29) is 5.63 Å². The summed E-state index contributed by atoms with van der Waals surface area (Å²) in [6.45, 7) is 0. The zero-order valence-corrected chi connectivity index (χ0v) is 9.74. The number of para-hydroxylation sites is 1. The van der Waals surface area contributed by atoms with E-state index in [9.17, 15) is 4.79 Å². The standard InChI is InChI=1S/C13H9NO2S/c15-13-10-3-1-2-4-11(10)14-12(16-13)7-9-5-6-17-8-9/h1-6,8H,7H2. The Kier molecular flexibility index (Phi) is 2.49. The highest BCUT2D eigenvalue weighted by atomic mass is 32.1. The first-order valence-corrected chi connectivity index (χ1v) is 6.17. The van der Waals surface area contributed by atoms with Crippen molar-refractivity contribution in [2.45, 2.75) is 6.42 Å². The van der Waals surface area contributed by atoms with E-state index in [1.165, 1.54) is 0 Å². The minimum absolute atomic E-state index is 0.319. The zero-order valence-electron chi connectivity index (χ0n) is 8.92. The molecular formula is C13H9NO2S. The summed E-state index contributed by atoms with van der Waals surface area (Å²) in [4.78, 5) is 16.1. The van der Waals surface area contributed by atoms with Crippen molar-refractivity contribution in [3.05, 3.63) is 63.0 Å². The van der Waals surface area contributed by atoms with Gasteiger partial charge in [-0.2, -0.15) is 11.3 Å². The van der Waals surface area contributed by atoms with Crippen LogP contribution in [0, 0.1) is 0 Å². The average Bonchev–Trinajstić information content (AvgIpc) is 2.82. The van der Waals surface area contributed by atoms with Crippen molar-refractivity contribution >= 4 is 22.2 Å². The van der Waals surface area contributed by atoms with Gasteiger partial charge < -0.3 is 4.42 Å². The summed E-state index contributed by atoms with van der Waals surface area (Å²) in [5.74, 6) is 0.465. The van der Waals surface area contributed by atoms with Gasteiger partial charge in [0, 0.05) is 0 Å². The number of nitrogens with zero attached hydrogens (tertiary/aromatic N) is 1. The topological polar surface area (TPSA) is 43.1 Å². The molecule has 0 spiro atoms. The Bertz CT molecular complexity index is 701. The van der Waals surface area contributed by atoms with Crippen LogP contribution in [-0.4, -0.2) is 4.98 Å². The molecule has 0 fully saturated rings. The first-order valence-electron chi connectivity index (χ1n) is 5.23. The van der Waals surface area contributed by atoms with E-state index in [1.54, 1.807) is 23.5 Å². The van der Waals surface area contributed by atoms with E-state index in [0.29, 0.717) is 23.2 Å². The fraction of sp³-hybridized carbons (Fsp3) is 0.0769. The highest BCUT2D eigenvalue weighted by Crippen LogP contribution is 2.13. The molecule has 0 aliphatic carbocycles. The van der Waals surface area contributed by atoms with Crippen molar-refractivity contribution in [3.63, 3.8) is 0 Å². The first-order chi connectivity index (χ1) is 8.33. The maximum atomic E-state index is 11.7. The Hall–Kier alpha value is -1.94. The molecule has 17 heavy (non-hydrogen) atoms. The quantitative estimate of drug-likeness (QED) is 0.695. The van der Waals surface area contributed by atoms with Gasteiger partial charge in [0.2, 0.25) is 5.89 Å². The molecule has 0 amide bonds. The van der Waals surface area contributed by atoms with Gasteiger partial charge in [-0.15, -0.1) is 0 Å². The second kappa shape index (κ2) is 4.14. The third-order valence-electron chi connectivity index (χ3n) is 2.52. The van der Waals surface area contributed by atoms with Crippen LogP contribution < -0.4 is 5.63 Å². The molecular weight excluding hydrogens is 234 g/mol. The molecule has 0 bridgehead atoms. The number of fused-ring (bicyclic) bond motifs is 1. The predicted molar refractivity (Wildman–Crippen MR) is 67.4 cm³/mol. The summed E-state index contributed by atoms with van der Waals surface area (Å²) in [6.07, 6.45) is 0.559. The Morgan fingerprint density at radius 2 is 2.12 bits per heavy atom. The van der Waals surface area contributed by atoms with Crippen LogP contribution in [0.3, 0.4) is 0 Å². The van der Waals surface area contributed by atoms with Crippen molar-refractivity contribution in [2.24, 2.45) is 0 Å². The van der Waals surface area contributed by atoms with Gasteiger partial charge in [0.15, 0.2) is 0 Å². The minimum atomic E-state index is -0.319. The molecule has 0 N–H and O–H groups in total. The highest BCUT2D eigenvalue weighted by molar-refractivity contribution is 7.07. The fourth-order valence-electron chi connectivity index (χ4n) is 1.71. The van der Waals surface area contributed by atoms with Gasteiger partial charge in [0.1, 0.15) is 0 Å². The summed E-state index contributed by atoms with van der Waals surface area (Å²) >= 11 is 1.62. The molecule has 0 radical (unpaired) electrons. The van der Waals surface area contributed by atoms with E-state index >= 15 is 0 Å². The lowest BCUT2D eigenvalue weighted by Crippen LogP contribution is -2.05. The molecule has 0 aliphatic rings. The van der Waals surface area contributed by atoms with Gasteiger partial charge in [-0.05, 0) is 34.5 Å². The molecule has 0 aliphatic heterocycles. The number of hydrogen-bond donors (Lipinski definition) is 0. The van der Waals surface area contributed by atoms with Crippen molar-refractivity contribution in [3.8, 4) is 0 Å². The number of rotatable bonds is 2. The van der Waals surface area contributed by atoms with Crippen LogP contribution in [0.15, 0.2) is 50.3 Å². The summed E-state index contributed by atoms with van der Waals surface area (Å²) < 4.78 is 5.20. The largest absolute Gasteiger partial charge is 0.408 e. The van der Waals surface area contributed by atoms with Crippen molar-refractivity contribution < 1.29 is 4.42 Å². The monoisotopic (exact) mass is 243 g/mol. The van der Waals surface area contributed by atoms with E-state index in [1.807, 2.05) is 29.0 Å². The second-order valence-electron chi connectivity index (χ2n) is 3.72. The van der Waals surface area contributed by atoms with E-state index in [0.717, 1.165) is 5.56 Å². The lowest BCUT2D eigenvalue weighted by atomic mass is 10.2. The Labute approximate surface area is 101 Å². The third-order valence-corrected chi connectivity index (χ3v) is 3.25. The molecule has 3 rings (SSSR count). The summed E-state index contributed by atoms with van der Waals surface area (Å²) in [6, 6.07) is 9.22. The molecule has 1 aromatic carbocycles. The lowest BCUT2D eigenvalue weighted by molar-refractivity contribution is 0.454. The van der Waals surface area contributed by atoms with Gasteiger partial charge in [-0.25, -0.2) is 9.78 Å². The average molecular weight is 243 g/mol. The van der Waals surface area contributed by atoms with Crippen LogP contribution in [-0.2, 0) is 6.42 Å². The maximum absolute atomic E-state index is 11.7. The number of hydrogen-bond acceptors (Lipinski definition) is 4. The van der Waals surface area contributed by atoms with Gasteiger partial charge in [-0.3, -0.25) is 0 Å². The highest BCUT2D eigenvalue weighted by Gasteiger charge is 2.06. The normalized spacial score (nSPS) is 10.8. The zero-order chi connectivity index (χ0) is 11.7. The van der Waals surface area contributed by atoms with Crippen LogP contribution in [0.2, 0.25) is 0 Å². The molecule has 2 aromatic heterocycles. The van der Waals surface area contributed by atoms with Gasteiger partial charge >= 0.3 is 5.63 Å². The summed E-state index contributed by atoms with van der Waals surface area (Å²) in [7, 11) is 0. The fourth-order valence-corrected chi connectivity index (χ4v) is 2.37. The minimum Gasteiger partial charge on any atom is -0.408 e. The van der Waals surface area contributed by atoms with Gasteiger partial charge in [0.05, 0.1) is 17.3 Å². The van der Waals surface area contributed by atoms with Crippen LogP contribution >= 0.6 is 11.3 Å². The molecule has 2 heterocycles. The Balaban J connectivity index is 2.10. The Morgan fingerprint density at radius 1 is 1.24 bits per heavy atom. The number of thiophene rings is 1. The molecule has 4 heteroatoms. The van der Waals surface area contributed by atoms with Crippen molar-refractivity contribution in [1.82, 2.24) is 4.98 Å². The van der Waals surface area contributed by atoms with Crippen LogP contribution in [0.1, 0.15) is 11.5 Å². The van der Waals surface area contributed by atoms with Gasteiger partial charge in [-0.1, -0.05) is 12.1 Å². The molecule has 0 saturated heterocycles. The first kappa shape index (κ1) is 10.2. The molecule has 84 valence electrons. The maximum Gasteiger partial charge on any atom is 0.346 e. The van der Waals surface area contributed by atoms with Gasteiger partial charge in [0.25, 0.3) is 0 Å².